The molecule has 11 rings (SSSR count). The van der Waals surface area contributed by atoms with Crippen molar-refractivity contribution in [2.24, 2.45) is 0 Å². The number of hydrogen-bond acceptors (Lipinski definition) is 1. The van der Waals surface area contributed by atoms with Crippen molar-refractivity contribution in [3.63, 3.8) is 0 Å². The minimum absolute atomic E-state index is 0.0868. The summed E-state index contributed by atoms with van der Waals surface area (Å²) in [7, 11) is 0. The zero-order chi connectivity index (χ0) is 41.1. The lowest BCUT2D eigenvalue weighted by atomic mass is 9.78. The smallest absolute Gasteiger partial charge is 0.0541 e. The van der Waals surface area contributed by atoms with Crippen molar-refractivity contribution in [3.8, 4) is 39.1 Å². The van der Waals surface area contributed by atoms with Crippen molar-refractivity contribution >= 4 is 38.9 Å². The Hall–Kier alpha value is -6.64. The lowest BCUT2D eigenvalue weighted by molar-refractivity contribution is 0.589. The van der Waals surface area contributed by atoms with Gasteiger partial charge in [-0.1, -0.05) is 164 Å². The van der Waals surface area contributed by atoms with Crippen LogP contribution in [0.15, 0.2) is 176 Å². The molecule has 0 N–H and O–H groups in total. The summed E-state index contributed by atoms with van der Waals surface area (Å²) in [6.07, 6.45) is 0. The SMILES string of the molecule is CC(C)(C)c1cc(-n2c3ccccc3c3ccccc32)cc2c1-c1ccc(N(c3ccc(-c4ccccc4)cc3)c3ccc4c(c3)C(C)(C)c3ccccc3-4)cc1C2(C)C. The van der Waals surface area contributed by atoms with Gasteiger partial charge in [0.15, 0.2) is 0 Å². The fraction of sp³-hybridized carbons (Fsp3) is 0.172. The first-order valence-electron chi connectivity index (χ1n) is 21.4. The van der Waals surface area contributed by atoms with E-state index in [0.29, 0.717) is 0 Å². The molecule has 0 bridgehead atoms. The van der Waals surface area contributed by atoms with Gasteiger partial charge >= 0.3 is 0 Å². The second-order valence-corrected chi connectivity index (χ2v) is 19.0. The van der Waals surface area contributed by atoms with Gasteiger partial charge in [-0.25, -0.2) is 0 Å². The molecule has 2 nitrogen and oxygen atoms in total. The van der Waals surface area contributed by atoms with Gasteiger partial charge in [0.1, 0.15) is 0 Å². The zero-order valence-electron chi connectivity index (χ0n) is 35.6. The highest BCUT2D eigenvalue weighted by Gasteiger charge is 2.40. The molecule has 0 aliphatic heterocycles. The van der Waals surface area contributed by atoms with E-state index in [1.54, 1.807) is 0 Å². The maximum Gasteiger partial charge on any atom is 0.0541 e. The Morgan fingerprint density at radius 1 is 0.417 bits per heavy atom. The van der Waals surface area contributed by atoms with Gasteiger partial charge in [-0.3, -0.25) is 0 Å². The molecule has 8 aromatic carbocycles. The first kappa shape index (κ1) is 36.4. The lowest BCUT2D eigenvalue weighted by Gasteiger charge is -2.30. The predicted molar refractivity (Wildman–Crippen MR) is 255 cm³/mol. The first-order chi connectivity index (χ1) is 28.9. The van der Waals surface area contributed by atoms with E-state index in [2.05, 4.69) is 234 Å². The van der Waals surface area contributed by atoms with Crippen LogP contribution in [0, 0.1) is 0 Å². The van der Waals surface area contributed by atoms with Crippen molar-refractivity contribution < 1.29 is 0 Å². The van der Waals surface area contributed by atoms with Crippen molar-refractivity contribution in [1.29, 1.82) is 0 Å². The second kappa shape index (κ2) is 12.9. The minimum Gasteiger partial charge on any atom is -0.310 e. The van der Waals surface area contributed by atoms with E-state index in [1.165, 1.54) is 94.4 Å². The van der Waals surface area contributed by atoms with E-state index in [1.807, 2.05) is 0 Å². The van der Waals surface area contributed by atoms with Gasteiger partial charge < -0.3 is 9.47 Å². The number of aromatic nitrogens is 1. The Labute approximate surface area is 354 Å². The van der Waals surface area contributed by atoms with Crippen LogP contribution in [0.4, 0.5) is 17.1 Å². The van der Waals surface area contributed by atoms with Gasteiger partial charge in [0.2, 0.25) is 0 Å². The number of para-hydroxylation sites is 2. The molecule has 9 aromatic rings. The Morgan fingerprint density at radius 3 is 1.57 bits per heavy atom. The van der Waals surface area contributed by atoms with Gasteiger partial charge in [-0.05, 0) is 127 Å². The summed E-state index contributed by atoms with van der Waals surface area (Å²) in [5.74, 6) is 0. The first-order valence-corrected chi connectivity index (χ1v) is 21.4. The van der Waals surface area contributed by atoms with Crippen LogP contribution in [0.5, 0.6) is 0 Å². The van der Waals surface area contributed by atoms with Crippen LogP contribution in [0.3, 0.4) is 0 Å². The summed E-state index contributed by atoms with van der Waals surface area (Å²) in [5.41, 5.74) is 21.4. The molecule has 0 saturated carbocycles. The van der Waals surface area contributed by atoms with Crippen LogP contribution in [-0.4, -0.2) is 4.57 Å². The van der Waals surface area contributed by atoms with Crippen molar-refractivity contribution in [3.05, 3.63) is 204 Å². The second-order valence-electron chi connectivity index (χ2n) is 19.0. The van der Waals surface area contributed by atoms with Crippen molar-refractivity contribution in [1.82, 2.24) is 4.57 Å². The Bertz CT molecular complexity index is 3120. The summed E-state index contributed by atoms with van der Waals surface area (Å²) >= 11 is 0. The fourth-order valence-electron chi connectivity index (χ4n) is 10.6. The van der Waals surface area contributed by atoms with Crippen LogP contribution in [0.25, 0.3) is 60.9 Å². The van der Waals surface area contributed by atoms with E-state index in [4.69, 9.17) is 0 Å². The van der Waals surface area contributed by atoms with Crippen LogP contribution in [0.1, 0.15) is 76.3 Å². The summed E-state index contributed by atoms with van der Waals surface area (Å²) in [6, 6.07) is 65.7. The summed E-state index contributed by atoms with van der Waals surface area (Å²) in [5, 5.41) is 2.57. The molecule has 0 radical (unpaired) electrons. The Morgan fingerprint density at radius 2 is 0.917 bits per heavy atom. The van der Waals surface area contributed by atoms with E-state index in [9.17, 15) is 0 Å². The molecule has 0 fully saturated rings. The number of hydrogen-bond donors (Lipinski definition) is 0. The van der Waals surface area contributed by atoms with Gasteiger partial charge in [-0.15, -0.1) is 0 Å². The molecule has 2 heteroatoms. The third-order valence-electron chi connectivity index (χ3n) is 13.7. The number of rotatable bonds is 5. The average Bonchev–Trinajstić information content (AvgIpc) is 3.80. The van der Waals surface area contributed by atoms with Crippen molar-refractivity contribution in [2.45, 2.75) is 64.7 Å². The molecule has 1 aromatic heterocycles. The van der Waals surface area contributed by atoms with E-state index in [0.717, 1.165) is 11.4 Å². The molecule has 292 valence electrons. The molecule has 1 heterocycles. The molecule has 0 atom stereocenters. The van der Waals surface area contributed by atoms with Crippen LogP contribution in [0.2, 0.25) is 0 Å². The molecule has 0 saturated heterocycles. The topological polar surface area (TPSA) is 8.17 Å². The van der Waals surface area contributed by atoms with Gasteiger partial charge in [0, 0.05) is 44.4 Å². The maximum atomic E-state index is 2.49. The summed E-state index contributed by atoms with van der Waals surface area (Å²) in [6.45, 7) is 16.7. The normalized spacial score (nSPS) is 14.5. The molecule has 0 unspecified atom stereocenters. The van der Waals surface area contributed by atoms with Crippen molar-refractivity contribution in [2.75, 3.05) is 4.90 Å². The van der Waals surface area contributed by atoms with E-state index in [-0.39, 0.29) is 16.2 Å². The van der Waals surface area contributed by atoms with Crippen LogP contribution < -0.4 is 4.90 Å². The monoisotopic (exact) mass is 774 g/mol. The molecule has 60 heavy (non-hydrogen) atoms. The summed E-state index contributed by atoms with van der Waals surface area (Å²) in [4.78, 5) is 2.47. The van der Waals surface area contributed by atoms with Crippen LogP contribution in [-0.2, 0) is 16.2 Å². The molecular weight excluding hydrogens is 725 g/mol. The molecule has 0 spiro atoms. The third kappa shape index (κ3) is 5.33. The molecule has 2 aliphatic carbocycles. The number of nitrogens with zero attached hydrogens (tertiary/aromatic N) is 2. The number of anilines is 3. The van der Waals surface area contributed by atoms with Crippen LogP contribution >= 0.6 is 0 Å². The Kier molecular flexibility index (Phi) is 7.85. The molecule has 2 aliphatic rings. The van der Waals surface area contributed by atoms with Gasteiger partial charge in [-0.2, -0.15) is 0 Å². The number of fused-ring (bicyclic) bond motifs is 9. The highest BCUT2D eigenvalue weighted by atomic mass is 15.1. The predicted octanol–water partition coefficient (Wildman–Crippen LogP) is 15.8. The highest BCUT2D eigenvalue weighted by molar-refractivity contribution is 6.09. The van der Waals surface area contributed by atoms with Gasteiger partial charge in [0.05, 0.1) is 11.0 Å². The largest absolute Gasteiger partial charge is 0.310 e. The summed E-state index contributed by atoms with van der Waals surface area (Å²) < 4.78 is 2.49. The molecule has 0 amide bonds. The maximum absolute atomic E-state index is 2.49. The fourth-order valence-corrected chi connectivity index (χ4v) is 10.6. The Balaban J connectivity index is 1.09. The quantitative estimate of drug-likeness (QED) is 0.169. The van der Waals surface area contributed by atoms with E-state index < -0.39 is 0 Å². The highest BCUT2D eigenvalue weighted by Crippen LogP contribution is 2.56. The van der Waals surface area contributed by atoms with Gasteiger partial charge in [0.25, 0.3) is 0 Å². The van der Waals surface area contributed by atoms with E-state index >= 15 is 0 Å². The minimum atomic E-state index is -0.250. The molecular formula is C58H50N2. The number of benzene rings is 8. The zero-order valence-corrected chi connectivity index (χ0v) is 35.6. The standard InChI is InChI=1S/C58H50N2/c1-56(2,3)51-35-42(60-53-23-15-12-20-45(53)46-21-13-16-24-54(46)60)36-52-55(51)47-32-30-41(34-50(47)58(52,6)7)59(39-27-25-38(26-28-39)37-17-9-8-10-18-37)40-29-31-44-43-19-11-14-22-48(43)57(4,5)49(44)33-40/h8-36H,1-7H3. The lowest BCUT2D eigenvalue weighted by Crippen LogP contribution is -2.19. The average molecular weight is 775 g/mol. The third-order valence-corrected chi connectivity index (χ3v) is 13.7.